The number of halogens is 6. The molecule has 102 valence electrons. The molecule has 2 nitrogen and oxygen atoms in total. The standard InChI is InChI=1S/C10H9F6NO/c11-8(10(14,15)16)9(12,13)5-18-7-3-1-2-6(17)4-7/h1-4,8H,5,17H2. The highest BCUT2D eigenvalue weighted by Gasteiger charge is 2.57. The van der Waals surface area contributed by atoms with Crippen LogP contribution in [0.1, 0.15) is 0 Å². The molecule has 0 saturated heterocycles. The van der Waals surface area contributed by atoms with Gasteiger partial charge in [0.2, 0.25) is 0 Å². The van der Waals surface area contributed by atoms with E-state index < -0.39 is 24.9 Å². The highest BCUT2D eigenvalue weighted by molar-refractivity contribution is 5.43. The summed E-state index contributed by atoms with van der Waals surface area (Å²) >= 11 is 0. The predicted octanol–water partition coefficient (Wildman–Crippen LogP) is 3.18. The first-order chi connectivity index (χ1) is 8.13. The van der Waals surface area contributed by atoms with Crippen LogP contribution in [-0.2, 0) is 0 Å². The van der Waals surface area contributed by atoms with E-state index in [9.17, 15) is 26.3 Å². The third kappa shape index (κ3) is 3.71. The molecule has 1 atom stereocenters. The highest BCUT2D eigenvalue weighted by Crippen LogP contribution is 2.35. The minimum Gasteiger partial charge on any atom is -0.487 e. The zero-order valence-corrected chi connectivity index (χ0v) is 8.85. The van der Waals surface area contributed by atoms with E-state index in [4.69, 9.17) is 5.73 Å². The Morgan fingerprint density at radius 2 is 1.78 bits per heavy atom. The van der Waals surface area contributed by atoms with Crippen molar-refractivity contribution in [2.45, 2.75) is 18.3 Å². The molecule has 18 heavy (non-hydrogen) atoms. The number of nitrogen functional groups attached to an aromatic ring is 1. The molecule has 0 aliphatic heterocycles. The summed E-state index contributed by atoms with van der Waals surface area (Å²) in [6, 6.07) is 5.14. The molecule has 0 fully saturated rings. The van der Waals surface area contributed by atoms with Crippen LogP contribution in [0.25, 0.3) is 0 Å². The van der Waals surface area contributed by atoms with E-state index in [1.54, 1.807) is 0 Å². The zero-order chi connectivity index (χ0) is 14.0. The molecular weight excluding hydrogens is 264 g/mol. The normalized spacial score (nSPS) is 14.3. The summed E-state index contributed by atoms with van der Waals surface area (Å²) in [7, 11) is 0. The number of benzene rings is 1. The van der Waals surface area contributed by atoms with Crippen LogP contribution < -0.4 is 10.5 Å². The highest BCUT2D eigenvalue weighted by atomic mass is 19.4. The number of alkyl halides is 6. The second-order valence-corrected chi connectivity index (χ2v) is 3.53. The third-order valence-electron chi connectivity index (χ3n) is 1.95. The van der Waals surface area contributed by atoms with Crippen molar-refractivity contribution in [2.24, 2.45) is 0 Å². The molecule has 1 unspecified atom stereocenters. The van der Waals surface area contributed by atoms with Crippen molar-refractivity contribution in [3.8, 4) is 5.75 Å². The van der Waals surface area contributed by atoms with Gasteiger partial charge in [-0.1, -0.05) is 6.07 Å². The molecule has 8 heteroatoms. The fourth-order valence-corrected chi connectivity index (χ4v) is 1.10. The number of anilines is 1. The van der Waals surface area contributed by atoms with Crippen LogP contribution in [0.2, 0.25) is 0 Å². The summed E-state index contributed by atoms with van der Waals surface area (Å²) in [5.74, 6) is -4.83. The second-order valence-electron chi connectivity index (χ2n) is 3.53. The SMILES string of the molecule is Nc1cccc(OCC(F)(F)C(F)C(F)(F)F)c1. The minimum absolute atomic E-state index is 0.163. The Balaban J connectivity index is 2.67. The summed E-state index contributed by atoms with van der Waals surface area (Å²) < 4.78 is 78.0. The molecule has 0 aliphatic carbocycles. The summed E-state index contributed by atoms with van der Waals surface area (Å²) in [4.78, 5) is 0. The smallest absolute Gasteiger partial charge is 0.425 e. The van der Waals surface area contributed by atoms with E-state index in [1.165, 1.54) is 18.2 Å². The Morgan fingerprint density at radius 1 is 1.17 bits per heavy atom. The Bertz CT molecular complexity index is 406. The first kappa shape index (κ1) is 14.5. The average molecular weight is 273 g/mol. The van der Waals surface area contributed by atoms with Gasteiger partial charge in [-0.05, 0) is 12.1 Å². The lowest BCUT2D eigenvalue weighted by Crippen LogP contribution is -2.45. The molecule has 0 amide bonds. The van der Waals surface area contributed by atoms with E-state index in [1.807, 2.05) is 0 Å². The van der Waals surface area contributed by atoms with Crippen LogP contribution in [0.3, 0.4) is 0 Å². The largest absolute Gasteiger partial charge is 0.487 e. The van der Waals surface area contributed by atoms with E-state index in [0.717, 1.165) is 6.07 Å². The van der Waals surface area contributed by atoms with E-state index in [0.29, 0.717) is 0 Å². The number of rotatable bonds is 4. The van der Waals surface area contributed by atoms with Crippen LogP contribution in [0.15, 0.2) is 24.3 Å². The van der Waals surface area contributed by atoms with Crippen LogP contribution in [0.4, 0.5) is 32.0 Å². The number of nitrogens with two attached hydrogens (primary N) is 1. The maximum Gasteiger partial charge on any atom is 0.425 e. The lowest BCUT2D eigenvalue weighted by molar-refractivity contribution is -0.250. The van der Waals surface area contributed by atoms with E-state index in [2.05, 4.69) is 4.74 Å². The van der Waals surface area contributed by atoms with E-state index >= 15 is 0 Å². The molecule has 1 rings (SSSR count). The summed E-state index contributed by atoms with van der Waals surface area (Å²) in [5.41, 5.74) is 5.49. The van der Waals surface area contributed by atoms with Crippen molar-refractivity contribution < 1.29 is 31.1 Å². The molecule has 0 saturated carbocycles. The Kier molecular flexibility index (Phi) is 3.98. The van der Waals surface area contributed by atoms with Gasteiger partial charge in [-0.15, -0.1) is 0 Å². The summed E-state index contributed by atoms with van der Waals surface area (Å²) in [5, 5.41) is 0. The first-order valence-corrected chi connectivity index (χ1v) is 4.70. The van der Waals surface area contributed by atoms with Gasteiger partial charge >= 0.3 is 12.1 Å². The average Bonchev–Trinajstić information content (AvgIpc) is 2.24. The van der Waals surface area contributed by atoms with Gasteiger partial charge in [0.25, 0.3) is 6.17 Å². The van der Waals surface area contributed by atoms with Crippen molar-refractivity contribution in [1.82, 2.24) is 0 Å². The fraction of sp³-hybridized carbons (Fsp3) is 0.400. The molecule has 0 heterocycles. The number of ether oxygens (including phenoxy) is 1. The van der Waals surface area contributed by atoms with Crippen LogP contribution in [-0.4, -0.2) is 24.9 Å². The minimum atomic E-state index is -5.64. The molecular formula is C10H9F6NO. The molecule has 0 bridgehead atoms. The zero-order valence-electron chi connectivity index (χ0n) is 8.85. The topological polar surface area (TPSA) is 35.2 Å². The van der Waals surface area contributed by atoms with Crippen LogP contribution >= 0.6 is 0 Å². The number of hydrogen-bond donors (Lipinski definition) is 1. The van der Waals surface area contributed by atoms with Crippen molar-refractivity contribution in [1.29, 1.82) is 0 Å². The second kappa shape index (κ2) is 4.95. The van der Waals surface area contributed by atoms with E-state index in [-0.39, 0.29) is 11.4 Å². The third-order valence-corrected chi connectivity index (χ3v) is 1.95. The quantitative estimate of drug-likeness (QED) is 0.675. The lowest BCUT2D eigenvalue weighted by atomic mass is 10.2. The maximum atomic E-state index is 12.8. The van der Waals surface area contributed by atoms with Gasteiger partial charge in [0.05, 0.1) is 0 Å². The van der Waals surface area contributed by atoms with Crippen LogP contribution in [0.5, 0.6) is 5.75 Å². The Hall–Kier alpha value is -1.60. The number of hydrogen-bond acceptors (Lipinski definition) is 2. The Labute approximate surface area is 98.3 Å². The van der Waals surface area contributed by atoms with Crippen LogP contribution in [0, 0.1) is 0 Å². The molecule has 0 aliphatic rings. The van der Waals surface area contributed by atoms with Gasteiger partial charge in [0.1, 0.15) is 5.75 Å². The van der Waals surface area contributed by atoms with Gasteiger partial charge in [-0.25, -0.2) is 4.39 Å². The van der Waals surface area contributed by atoms with Gasteiger partial charge in [-0.2, -0.15) is 22.0 Å². The molecule has 2 N–H and O–H groups in total. The monoisotopic (exact) mass is 273 g/mol. The maximum absolute atomic E-state index is 12.8. The molecule has 1 aromatic carbocycles. The Morgan fingerprint density at radius 3 is 2.28 bits per heavy atom. The lowest BCUT2D eigenvalue weighted by Gasteiger charge is -2.22. The van der Waals surface area contributed by atoms with Crippen molar-refractivity contribution in [3.63, 3.8) is 0 Å². The molecule has 1 aromatic rings. The molecule has 0 spiro atoms. The predicted molar refractivity (Wildman–Crippen MR) is 52.2 cm³/mol. The van der Waals surface area contributed by atoms with Crippen molar-refractivity contribution in [2.75, 3.05) is 12.3 Å². The van der Waals surface area contributed by atoms with Gasteiger partial charge in [0.15, 0.2) is 6.61 Å². The molecule has 0 aromatic heterocycles. The van der Waals surface area contributed by atoms with Gasteiger partial charge in [0, 0.05) is 11.8 Å². The summed E-state index contributed by atoms with van der Waals surface area (Å²) in [6.45, 7) is -1.73. The summed E-state index contributed by atoms with van der Waals surface area (Å²) in [6.07, 6.45) is -9.91. The first-order valence-electron chi connectivity index (χ1n) is 4.70. The fourth-order valence-electron chi connectivity index (χ4n) is 1.10. The molecule has 0 radical (unpaired) electrons. The van der Waals surface area contributed by atoms with Gasteiger partial charge < -0.3 is 10.5 Å². The van der Waals surface area contributed by atoms with Gasteiger partial charge in [-0.3, -0.25) is 0 Å². The van der Waals surface area contributed by atoms with Crippen molar-refractivity contribution in [3.05, 3.63) is 24.3 Å². The van der Waals surface area contributed by atoms with Crippen molar-refractivity contribution >= 4 is 5.69 Å².